The van der Waals surface area contributed by atoms with Crippen LogP contribution in [-0.4, -0.2) is 0 Å². The van der Waals surface area contributed by atoms with Gasteiger partial charge in [0.15, 0.2) is 0 Å². The minimum Gasteiger partial charge on any atom is -0.0651 e. The molecule has 0 nitrogen and oxygen atoms in total. The second-order valence-corrected chi connectivity index (χ2v) is 24.6. The van der Waals surface area contributed by atoms with E-state index in [4.69, 9.17) is 0 Å². The molecule has 310 valence electrons. The molecule has 8 rings (SSSR count). The summed E-state index contributed by atoms with van der Waals surface area (Å²) in [6, 6.07) is 0. The van der Waals surface area contributed by atoms with Crippen molar-refractivity contribution in [1.29, 1.82) is 0 Å². The lowest BCUT2D eigenvalue weighted by Gasteiger charge is -2.63. The smallest absolute Gasteiger partial charge is 0.0196 e. The summed E-state index contributed by atoms with van der Waals surface area (Å²) in [6.07, 6.45) is 27.8. The van der Waals surface area contributed by atoms with Gasteiger partial charge in [0, 0.05) is 0 Å². The normalized spacial score (nSPS) is 49.6. The zero-order valence-electron chi connectivity index (χ0n) is 38.4. The van der Waals surface area contributed by atoms with Gasteiger partial charge in [0.05, 0.1) is 0 Å². The zero-order valence-corrected chi connectivity index (χ0v) is 38.4. The lowest BCUT2D eigenvalue weighted by molar-refractivity contribution is -0.155. The van der Waals surface area contributed by atoms with Crippen molar-refractivity contribution in [3.8, 4) is 0 Å². The van der Waals surface area contributed by atoms with Gasteiger partial charge in [0.25, 0.3) is 0 Å². The molecule has 0 heterocycles. The molecule has 8 aliphatic rings. The van der Waals surface area contributed by atoms with Crippen LogP contribution in [-0.2, 0) is 0 Å². The predicted octanol–water partition coefficient (Wildman–Crippen LogP) is 15.9. The summed E-state index contributed by atoms with van der Waals surface area (Å²) in [5.74, 6) is 21.4. The Kier molecular flexibility index (Phi) is 11.7. The molecular formula is C54H94. The van der Waals surface area contributed by atoms with Gasteiger partial charge in [0.1, 0.15) is 0 Å². The van der Waals surface area contributed by atoms with Crippen molar-refractivity contribution in [1.82, 2.24) is 0 Å². The summed E-state index contributed by atoms with van der Waals surface area (Å²) >= 11 is 0. The zero-order chi connectivity index (χ0) is 38.4. The highest BCUT2D eigenvalue weighted by Gasteiger charge is 2.76. The van der Waals surface area contributed by atoms with Crippen molar-refractivity contribution >= 4 is 0 Å². The van der Waals surface area contributed by atoms with E-state index in [0.29, 0.717) is 10.8 Å². The van der Waals surface area contributed by atoms with E-state index in [0.717, 1.165) is 130 Å². The quantitative estimate of drug-likeness (QED) is 0.221. The molecule has 8 fully saturated rings. The molecule has 8 aliphatic carbocycles. The Labute approximate surface area is 338 Å². The second-order valence-electron chi connectivity index (χ2n) is 24.6. The summed E-state index contributed by atoms with van der Waals surface area (Å²) in [4.78, 5) is 0. The van der Waals surface area contributed by atoms with E-state index >= 15 is 0 Å². The van der Waals surface area contributed by atoms with Crippen molar-refractivity contribution in [3.05, 3.63) is 0 Å². The SMILES string of the molecule is CCC(CC)C1CC(C(CC)CC)C(C(C)C)C2(C1)C1CC(C(C)C)C3CCCCC3C1C1C3C4C5CCCCC5CCC4C(C)(C)C3CC(C(C)C)C12. The Morgan fingerprint density at radius 2 is 1.06 bits per heavy atom. The minimum absolute atomic E-state index is 0.530. The second kappa shape index (κ2) is 15.6. The molecule has 54 heavy (non-hydrogen) atoms. The fourth-order valence-electron chi connectivity index (χ4n) is 20.7. The summed E-state index contributed by atoms with van der Waals surface area (Å²) in [5.41, 5.74) is 1.09. The molecule has 8 saturated carbocycles. The molecule has 0 aromatic rings. The highest BCUT2D eigenvalue weighted by atomic mass is 14.8. The Morgan fingerprint density at radius 3 is 1.67 bits per heavy atom. The monoisotopic (exact) mass is 743 g/mol. The standard InChI is InChI=1S/C54H94/c1-13-34(14-2)37-27-43(35(15-3)16-4)51(33(9)10)54(30-37)46-28-41(31(5)6)39-23-19-20-24-40(39)48(46)50-49-45(29-42(32(7)8)52(50)54)53(11,12)44-26-25-36-21-17-18-22-38(36)47(44)49/h31-52H,13-30H2,1-12H3. The summed E-state index contributed by atoms with van der Waals surface area (Å²) in [6.45, 7) is 32.6. The molecule has 1 spiro atoms. The molecule has 0 amide bonds. The topological polar surface area (TPSA) is 0 Å². The number of rotatable bonds is 9. The number of fused-ring (bicyclic) bond motifs is 13. The van der Waals surface area contributed by atoms with Gasteiger partial charge in [0.2, 0.25) is 0 Å². The molecule has 0 aromatic heterocycles. The van der Waals surface area contributed by atoms with Crippen LogP contribution in [0.2, 0.25) is 0 Å². The van der Waals surface area contributed by atoms with E-state index in [2.05, 4.69) is 83.1 Å². The van der Waals surface area contributed by atoms with Gasteiger partial charge in [-0.2, -0.15) is 0 Å². The van der Waals surface area contributed by atoms with E-state index in [9.17, 15) is 0 Å². The van der Waals surface area contributed by atoms with Crippen molar-refractivity contribution < 1.29 is 0 Å². The number of hydrogen-bond acceptors (Lipinski definition) is 0. The van der Waals surface area contributed by atoms with E-state index in [1.165, 1.54) is 38.5 Å². The Morgan fingerprint density at radius 1 is 0.481 bits per heavy atom. The molecule has 0 saturated heterocycles. The first-order valence-electron chi connectivity index (χ1n) is 25.9. The van der Waals surface area contributed by atoms with Gasteiger partial charge >= 0.3 is 0 Å². The van der Waals surface area contributed by atoms with Crippen molar-refractivity contribution in [2.75, 3.05) is 0 Å². The predicted molar refractivity (Wildman–Crippen MR) is 233 cm³/mol. The maximum absolute atomic E-state index is 2.88. The van der Waals surface area contributed by atoms with Gasteiger partial charge in [-0.3, -0.25) is 0 Å². The molecule has 18 atom stereocenters. The highest BCUT2D eigenvalue weighted by molar-refractivity contribution is 5.24. The van der Waals surface area contributed by atoms with Crippen molar-refractivity contribution in [2.24, 2.45) is 141 Å². The van der Waals surface area contributed by atoms with Crippen LogP contribution in [0.1, 0.15) is 199 Å². The summed E-state index contributed by atoms with van der Waals surface area (Å²) < 4.78 is 0. The van der Waals surface area contributed by atoms with Crippen LogP contribution in [0.3, 0.4) is 0 Å². The first kappa shape index (κ1) is 40.8. The molecule has 0 N–H and O–H groups in total. The third-order valence-electron chi connectivity index (χ3n) is 22.2. The first-order chi connectivity index (χ1) is 25.9. The molecule has 0 bridgehead atoms. The average molecular weight is 743 g/mol. The van der Waals surface area contributed by atoms with Crippen molar-refractivity contribution in [2.45, 2.75) is 199 Å². The lowest BCUT2D eigenvalue weighted by atomic mass is 9.41. The third-order valence-corrected chi connectivity index (χ3v) is 22.2. The summed E-state index contributed by atoms with van der Waals surface area (Å²) in [5, 5.41) is 0. The molecular weight excluding hydrogens is 649 g/mol. The largest absolute Gasteiger partial charge is 0.0651 e. The van der Waals surface area contributed by atoms with E-state index in [1.807, 2.05) is 0 Å². The van der Waals surface area contributed by atoms with Gasteiger partial charge in [-0.25, -0.2) is 0 Å². The first-order valence-corrected chi connectivity index (χ1v) is 25.9. The van der Waals surface area contributed by atoms with Crippen LogP contribution in [0.5, 0.6) is 0 Å². The third kappa shape index (κ3) is 6.01. The highest BCUT2D eigenvalue weighted by Crippen LogP contribution is 2.81. The Bertz CT molecular complexity index is 1250. The van der Waals surface area contributed by atoms with Gasteiger partial charge < -0.3 is 0 Å². The fourth-order valence-corrected chi connectivity index (χ4v) is 20.7. The van der Waals surface area contributed by atoms with Gasteiger partial charge in [-0.1, -0.05) is 141 Å². The Balaban J connectivity index is 1.39. The lowest BCUT2D eigenvalue weighted by Crippen LogP contribution is -2.58. The van der Waals surface area contributed by atoms with Crippen LogP contribution < -0.4 is 0 Å². The molecule has 0 heteroatoms. The average Bonchev–Trinajstić information content (AvgIpc) is 3.56. The maximum atomic E-state index is 2.88. The van der Waals surface area contributed by atoms with Gasteiger partial charge in [-0.05, 0) is 199 Å². The number of hydrogen-bond donors (Lipinski definition) is 0. The minimum atomic E-state index is 0.530. The summed E-state index contributed by atoms with van der Waals surface area (Å²) in [7, 11) is 0. The van der Waals surface area contributed by atoms with E-state index in [1.54, 1.807) is 77.0 Å². The van der Waals surface area contributed by atoms with Crippen LogP contribution in [0, 0.1) is 141 Å². The van der Waals surface area contributed by atoms with E-state index in [-0.39, 0.29) is 0 Å². The van der Waals surface area contributed by atoms with Crippen LogP contribution >= 0.6 is 0 Å². The molecule has 18 unspecified atom stereocenters. The Hall–Kier alpha value is 0. The fraction of sp³-hybridized carbons (Fsp3) is 1.00. The van der Waals surface area contributed by atoms with Crippen molar-refractivity contribution in [3.63, 3.8) is 0 Å². The van der Waals surface area contributed by atoms with E-state index < -0.39 is 0 Å². The van der Waals surface area contributed by atoms with Crippen LogP contribution in [0.4, 0.5) is 0 Å². The van der Waals surface area contributed by atoms with Gasteiger partial charge in [-0.15, -0.1) is 0 Å². The molecule has 0 radical (unpaired) electrons. The van der Waals surface area contributed by atoms with Crippen LogP contribution in [0.15, 0.2) is 0 Å². The molecule has 0 aliphatic heterocycles. The maximum Gasteiger partial charge on any atom is -0.0196 e. The van der Waals surface area contributed by atoms with Crippen LogP contribution in [0.25, 0.3) is 0 Å². The molecule has 0 aromatic carbocycles.